The van der Waals surface area contributed by atoms with Crippen molar-refractivity contribution in [1.29, 1.82) is 0 Å². The Morgan fingerprint density at radius 1 is 0.395 bits per heavy atom. The van der Waals surface area contributed by atoms with Gasteiger partial charge in [-0.2, -0.15) is 0 Å². The van der Waals surface area contributed by atoms with Crippen LogP contribution in [-0.4, -0.2) is 15.0 Å². The van der Waals surface area contributed by atoms with Crippen LogP contribution in [0.15, 0.2) is 156 Å². The molecule has 0 amide bonds. The smallest absolute Gasteiger partial charge is 0.227 e. The van der Waals surface area contributed by atoms with Gasteiger partial charge in [0.25, 0.3) is 0 Å². The van der Waals surface area contributed by atoms with Crippen LogP contribution in [0.5, 0.6) is 0 Å². The maximum absolute atomic E-state index is 5.99. The highest BCUT2D eigenvalue weighted by atomic mass is 16.3. The minimum absolute atomic E-state index is 0.623. The lowest BCUT2D eigenvalue weighted by molar-refractivity contribution is 0.620. The maximum Gasteiger partial charge on any atom is 0.227 e. The molecule has 0 fully saturated rings. The van der Waals surface area contributed by atoms with E-state index in [4.69, 9.17) is 14.4 Å². The van der Waals surface area contributed by atoms with Crippen LogP contribution in [0.2, 0.25) is 0 Å². The van der Waals surface area contributed by atoms with Crippen LogP contribution < -0.4 is 0 Å². The predicted molar refractivity (Wildman–Crippen MR) is 174 cm³/mol. The Morgan fingerprint density at radius 3 is 1.58 bits per heavy atom. The summed E-state index contributed by atoms with van der Waals surface area (Å²) in [7, 11) is 0. The van der Waals surface area contributed by atoms with Crippen molar-refractivity contribution in [1.82, 2.24) is 15.0 Å². The number of aromatic nitrogens is 3. The maximum atomic E-state index is 5.99. The molecule has 8 rings (SSSR count). The van der Waals surface area contributed by atoms with Crippen molar-refractivity contribution in [2.75, 3.05) is 0 Å². The first-order valence-electron chi connectivity index (χ1n) is 14.3. The van der Waals surface area contributed by atoms with E-state index in [1.807, 2.05) is 60.7 Å². The fourth-order valence-corrected chi connectivity index (χ4v) is 5.62. The van der Waals surface area contributed by atoms with Crippen LogP contribution in [0.25, 0.3) is 78.4 Å². The lowest BCUT2D eigenvalue weighted by Gasteiger charge is -2.14. The Labute approximate surface area is 249 Å². The minimum Gasteiger partial charge on any atom is -0.436 e. The van der Waals surface area contributed by atoms with Gasteiger partial charge in [0.15, 0.2) is 11.4 Å². The van der Waals surface area contributed by atoms with E-state index in [0.29, 0.717) is 11.7 Å². The highest BCUT2D eigenvalue weighted by Gasteiger charge is 2.15. The Bertz CT molecular complexity index is 2130. The molecule has 2 aromatic heterocycles. The van der Waals surface area contributed by atoms with Crippen molar-refractivity contribution in [3.8, 4) is 56.5 Å². The summed E-state index contributed by atoms with van der Waals surface area (Å²) in [5.74, 6) is 1.33. The monoisotopic (exact) mass is 551 g/mol. The third kappa shape index (κ3) is 4.65. The van der Waals surface area contributed by atoms with Gasteiger partial charge in [-0.25, -0.2) is 15.0 Å². The summed E-state index contributed by atoms with van der Waals surface area (Å²) < 4.78 is 5.99. The second-order valence-corrected chi connectivity index (χ2v) is 10.5. The molecule has 202 valence electrons. The molecule has 8 aromatic rings. The molecule has 43 heavy (non-hydrogen) atoms. The van der Waals surface area contributed by atoms with Crippen LogP contribution in [0.4, 0.5) is 0 Å². The number of rotatable bonds is 5. The lowest BCUT2D eigenvalue weighted by Crippen LogP contribution is -1.97. The predicted octanol–water partition coefficient (Wildman–Crippen LogP) is 10.1. The van der Waals surface area contributed by atoms with Crippen molar-refractivity contribution < 1.29 is 4.42 Å². The van der Waals surface area contributed by atoms with Crippen molar-refractivity contribution in [3.63, 3.8) is 0 Å². The van der Waals surface area contributed by atoms with Gasteiger partial charge < -0.3 is 4.42 Å². The van der Waals surface area contributed by atoms with Crippen LogP contribution in [0.1, 0.15) is 0 Å². The fraction of sp³-hybridized carbons (Fsp3) is 0. The molecule has 0 atom stereocenters. The summed E-state index contributed by atoms with van der Waals surface area (Å²) in [6.07, 6.45) is 0. The molecule has 0 N–H and O–H groups in total. The summed E-state index contributed by atoms with van der Waals surface area (Å²) in [5, 5.41) is 2.25. The molecular formula is C39H25N3O. The lowest BCUT2D eigenvalue weighted by atomic mass is 9.94. The Morgan fingerprint density at radius 2 is 0.930 bits per heavy atom. The molecule has 0 saturated carbocycles. The van der Waals surface area contributed by atoms with Crippen LogP contribution >= 0.6 is 0 Å². The molecule has 0 aliphatic rings. The molecule has 0 saturated heterocycles. The van der Waals surface area contributed by atoms with E-state index in [-0.39, 0.29) is 0 Å². The second-order valence-electron chi connectivity index (χ2n) is 10.5. The third-order valence-corrected chi connectivity index (χ3v) is 7.77. The van der Waals surface area contributed by atoms with Crippen molar-refractivity contribution >= 4 is 21.9 Å². The number of hydrogen-bond donors (Lipinski definition) is 0. The van der Waals surface area contributed by atoms with E-state index in [1.54, 1.807) is 0 Å². The molecule has 0 radical (unpaired) electrons. The number of nitrogens with zero attached hydrogens (tertiary/aromatic N) is 3. The molecule has 2 heterocycles. The molecular weight excluding hydrogens is 526 g/mol. The Balaban J connectivity index is 1.24. The Kier molecular flexibility index (Phi) is 6.08. The molecule has 4 heteroatoms. The number of hydrogen-bond acceptors (Lipinski definition) is 4. The van der Waals surface area contributed by atoms with E-state index < -0.39 is 0 Å². The van der Waals surface area contributed by atoms with Gasteiger partial charge in [0, 0.05) is 22.3 Å². The van der Waals surface area contributed by atoms with Gasteiger partial charge in [0.1, 0.15) is 5.52 Å². The summed E-state index contributed by atoms with van der Waals surface area (Å²) >= 11 is 0. The second kappa shape index (κ2) is 10.5. The first kappa shape index (κ1) is 24.9. The average Bonchev–Trinajstić information content (AvgIpc) is 3.53. The molecule has 0 aliphatic heterocycles. The van der Waals surface area contributed by atoms with E-state index in [1.165, 1.54) is 0 Å². The van der Waals surface area contributed by atoms with Crippen LogP contribution in [-0.2, 0) is 0 Å². The van der Waals surface area contributed by atoms with Crippen LogP contribution in [0.3, 0.4) is 0 Å². The van der Waals surface area contributed by atoms with Gasteiger partial charge in [-0.3, -0.25) is 0 Å². The van der Waals surface area contributed by atoms with Crippen molar-refractivity contribution in [2.45, 2.75) is 0 Å². The normalized spacial score (nSPS) is 11.3. The van der Waals surface area contributed by atoms with E-state index in [2.05, 4.69) is 96.0 Å². The van der Waals surface area contributed by atoms with Crippen molar-refractivity contribution in [2.24, 2.45) is 0 Å². The van der Waals surface area contributed by atoms with E-state index in [0.717, 1.165) is 66.6 Å². The van der Waals surface area contributed by atoms with Gasteiger partial charge in [-0.05, 0) is 58.3 Å². The summed E-state index contributed by atoms with van der Waals surface area (Å²) in [6, 6.07) is 51.7. The average molecular weight is 552 g/mol. The molecule has 0 spiro atoms. The van der Waals surface area contributed by atoms with Gasteiger partial charge in [-0.1, -0.05) is 115 Å². The summed E-state index contributed by atoms with van der Waals surface area (Å²) in [4.78, 5) is 14.8. The van der Waals surface area contributed by atoms with Gasteiger partial charge in [0.05, 0.1) is 11.4 Å². The number of fused-ring (bicyclic) bond motifs is 2. The minimum atomic E-state index is 0.623. The number of oxazole rings is 1. The van der Waals surface area contributed by atoms with Gasteiger partial charge >= 0.3 is 0 Å². The van der Waals surface area contributed by atoms with Crippen molar-refractivity contribution in [3.05, 3.63) is 152 Å². The highest BCUT2D eigenvalue weighted by molar-refractivity contribution is 6.04. The zero-order valence-electron chi connectivity index (χ0n) is 23.2. The van der Waals surface area contributed by atoms with E-state index in [9.17, 15) is 0 Å². The fourth-order valence-electron chi connectivity index (χ4n) is 5.62. The largest absolute Gasteiger partial charge is 0.436 e. The summed E-state index contributed by atoms with van der Waals surface area (Å²) in [5.41, 5.74) is 9.76. The number of benzene rings is 6. The van der Waals surface area contributed by atoms with E-state index >= 15 is 0 Å². The zero-order valence-corrected chi connectivity index (χ0v) is 23.2. The quantitative estimate of drug-likeness (QED) is 0.214. The molecule has 6 aromatic carbocycles. The van der Waals surface area contributed by atoms with Crippen LogP contribution in [0, 0.1) is 0 Å². The molecule has 0 bridgehead atoms. The SMILES string of the molecule is c1ccc(-c2cc(-c3ccccc3)nc(-c3ccc(-c4ccc(-c5nc6ccccc6o5)cc4)c4ccccc34)n2)cc1. The first-order chi connectivity index (χ1) is 21.3. The molecule has 0 aliphatic carbocycles. The molecule has 4 nitrogen and oxygen atoms in total. The Hall–Kier alpha value is -5.87. The third-order valence-electron chi connectivity index (χ3n) is 7.77. The van der Waals surface area contributed by atoms with Gasteiger partial charge in [0.2, 0.25) is 5.89 Å². The highest BCUT2D eigenvalue weighted by Crippen LogP contribution is 2.37. The standard InChI is InChI=1S/C39H25N3O/c1-3-11-27(12-4-1)35-25-36(28-13-5-2-6-14-28)41-38(40-35)33-24-23-30(31-15-7-8-16-32(31)33)26-19-21-29(22-20-26)39-42-34-17-9-10-18-37(34)43-39/h1-25H. The summed E-state index contributed by atoms with van der Waals surface area (Å²) in [6.45, 7) is 0. The zero-order chi connectivity index (χ0) is 28.6. The van der Waals surface area contributed by atoms with Gasteiger partial charge in [-0.15, -0.1) is 0 Å². The molecule has 0 unspecified atom stereocenters. The topological polar surface area (TPSA) is 51.8 Å². The number of para-hydroxylation sites is 2. The first-order valence-corrected chi connectivity index (χ1v) is 14.3.